The molecule has 0 atom stereocenters. The summed E-state index contributed by atoms with van der Waals surface area (Å²) in [6.45, 7) is 1.25. The number of likely N-dealkylation sites (tertiary alicyclic amines) is 1. The number of aliphatic hydroxyl groups is 1. The summed E-state index contributed by atoms with van der Waals surface area (Å²) in [5.74, 6) is 6.24. The predicted molar refractivity (Wildman–Crippen MR) is 51.8 cm³/mol. The van der Waals surface area contributed by atoms with Gasteiger partial charge in [-0.3, -0.25) is 0 Å². The molecule has 0 radical (unpaired) electrons. The topological polar surface area (TPSA) is 60.8 Å². The van der Waals surface area contributed by atoms with E-state index in [0.29, 0.717) is 25.4 Å². The van der Waals surface area contributed by atoms with Crippen molar-refractivity contribution in [2.75, 3.05) is 19.7 Å². The number of nitrogens with zero attached hydrogens (tertiary/aromatic N) is 1. The van der Waals surface area contributed by atoms with Crippen LogP contribution in [0.4, 0.5) is 4.79 Å². The standard InChI is InChI=1S/C10H15NO3/c12-8-2-1-3-9-4-6-11(7-5-9)10(13)14/h9,12H,2,4-8H2,(H,13,14). The maximum Gasteiger partial charge on any atom is 0.407 e. The Balaban J connectivity index is 2.29. The van der Waals surface area contributed by atoms with Crippen molar-refractivity contribution in [1.29, 1.82) is 0 Å². The third-order valence-electron chi connectivity index (χ3n) is 2.31. The number of piperidine rings is 1. The summed E-state index contributed by atoms with van der Waals surface area (Å²) < 4.78 is 0. The first-order valence-corrected chi connectivity index (χ1v) is 4.81. The van der Waals surface area contributed by atoms with Gasteiger partial charge < -0.3 is 15.1 Å². The van der Waals surface area contributed by atoms with Crippen LogP contribution in [0.1, 0.15) is 19.3 Å². The quantitative estimate of drug-likeness (QED) is 0.610. The minimum atomic E-state index is -0.841. The van der Waals surface area contributed by atoms with Crippen molar-refractivity contribution in [3.63, 3.8) is 0 Å². The van der Waals surface area contributed by atoms with E-state index in [2.05, 4.69) is 11.8 Å². The normalized spacial score (nSPS) is 17.4. The average molecular weight is 197 g/mol. The van der Waals surface area contributed by atoms with Gasteiger partial charge in [0.05, 0.1) is 6.61 Å². The second kappa shape index (κ2) is 5.51. The molecule has 0 saturated carbocycles. The van der Waals surface area contributed by atoms with Crippen LogP contribution in [0, 0.1) is 17.8 Å². The number of carboxylic acid groups (broad SMARTS) is 1. The summed E-state index contributed by atoms with van der Waals surface area (Å²) in [5.41, 5.74) is 0. The van der Waals surface area contributed by atoms with Gasteiger partial charge in [0.2, 0.25) is 0 Å². The Morgan fingerprint density at radius 3 is 2.57 bits per heavy atom. The van der Waals surface area contributed by atoms with Gasteiger partial charge in [-0.1, -0.05) is 5.92 Å². The van der Waals surface area contributed by atoms with Crippen molar-refractivity contribution in [2.24, 2.45) is 5.92 Å². The third kappa shape index (κ3) is 3.27. The lowest BCUT2D eigenvalue weighted by Crippen LogP contribution is -2.37. The Kier molecular flexibility index (Phi) is 4.27. The van der Waals surface area contributed by atoms with Gasteiger partial charge in [-0.2, -0.15) is 0 Å². The fraction of sp³-hybridized carbons (Fsp3) is 0.700. The predicted octanol–water partition coefficient (Wildman–Crippen LogP) is 0.762. The monoisotopic (exact) mass is 197 g/mol. The second-order valence-electron chi connectivity index (χ2n) is 3.34. The molecule has 4 heteroatoms. The Morgan fingerprint density at radius 2 is 2.07 bits per heavy atom. The van der Waals surface area contributed by atoms with Crippen LogP contribution in [0.15, 0.2) is 0 Å². The highest BCUT2D eigenvalue weighted by Crippen LogP contribution is 2.15. The van der Waals surface area contributed by atoms with E-state index in [-0.39, 0.29) is 6.61 Å². The van der Waals surface area contributed by atoms with Crippen LogP contribution in [0.25, 0.3) is 0 Å². The first kappa shape index (κ1) is 10.9. The number of hydrogen-bond acceptors (Lipinski definition) is 2. The fourth-order valence-electron chi connectivity index (χ4n) is 1.49. The Bertz CT molecular complexity index is 246. The number of carbonyl (C=O) groups is 1. The molecule has 1 heterocycles. The second-order valence-corrected chi connectivity index (χ2v) is 3.34. The summed E-state index contributed by atoms with van der Waals surface area (Å²) in [7, 11) is 0. The molecule has 1 rings (SSSR count). The highest BCUT2D eigenvalue weighted by atomic mass is 16.4. The van der Waals surface area contributed by atoms with Crippen molar-refractivity contribution in [3.8, 4) is 11.8 Å². The Hall–Kier alpha value is -1.21. The summed E-state index contributed by atoms with van der Waals surface area (Å²) in [6, 6.07) is 0. The molecule has 0 unspecified atom stereocenters. The van der Waals surface area contributed by atoms with Crippen molar-refractivity contribution >= 4 is 6.09 Å². The van der Waals surface area contributed by atoms with Crippen LogP contribution in [0.5, 0.6) is 0 Å². The van der Waals surface area contributed by atoms with Gasteiger partial charge in [0.15, 0.2) is 0 Å². The molecule has 0 bridgehead atoms. The molecule has 78 valence electrons. The summed E-state index contributed by atoms with van der Waals surface area (Å²) in [5, 5.41) is 17.2. The molecule has 1 aliphatic heterocycles. The van der Waals surface area contributed by atoms with Gasteiger partial charge in [0.25, 0.3) is 0 Å². The summed E-state index contributed by atoms with van der Waals surface area (Å²) in [6.07, 6.45) is 1.29. The molecular weight excluding hydrogens is 182 g/mol. The van der Waals surface area contributed by atoms with Crippen molar-refractivity contribution in [2.45, 2.75) is 19.3 Å². The zero-order valence-electron chi connectivity index (χ0n) is 8.07. The largest absolute Gasteiger partial charge is 0.465 e. The maximum atomic E-state index is 10.6. The Labute approximate surface area is 83.5 Å². The van der Waals surface area contributed by atoms with Crippen LogP contribution in [0.3, 0.4) is 0 Å². The van der Waals surface area contributed by atoms with Gasteiger partial charge in [-0.05, 0) is 12.8 Å². The SMILES string of the molecule is O=C(O)N1CCC(C#CCCO)CC1. The molecule has 0 aromatic rings. The van der Waals surface area contributed by atoms with E-state index in [0.717, 1.165) is 12.8 Å². The third-order valence-corrected chi connectivity index (χ3v) is 2.31. The highest BCUT2D eigenvalue weighted by molar-refractivity contribution is 5.65. The maximum absolute atomic E-state index is 10.6. The smallest absolute Gasteiger partial charge is 0.407 e. The van der Waals surface area contributed by atoms with E-state index >= 15 is 0 Å². The van der Waals surface area contributed by atoms with E-state index in [4.69, 9.17) is 10.2 Å². The molecule has 14 heavy (non-hydrogen) atoms. The molecule has 4 nitrogen and oxygen atoms in total. The molecular formula is C10H15NO3. The zero-order chi connectivity index (χ0) is 10.4. The fourth-order valence-corrected chi connectivity index (χ4v) is 1.49. The van der Waals surface area contributed by atoms with Crippen molar-refractivity contribution in [3.05, 3.63) is 0 Å². The lowest BCUT2D eigenvalue weighted by atomic mass is 9.98. The van der Waals surface area contributed by atoms with Gasteiger partial charge in [-0.25, -0.2) is 4.79 Å². The molecule has 0 spiro atoms. The first-order valence-electron chi connectivity index (χ1n) is 4.81. The van der Waals surface area contributed by atoms with Crippen LogP contribution in [-0.2, 0) is 0 Å². The lowest BCUT2D eigenvalue weighted by molar-refractivity contribution is 0.130. The van der Waals surface area contributed by atoms with E-state index in [1.165, 1.54) is 4.90 Å². The number of aliphatic hydroxyl groups excluding tert-OH is 1. The molecule has 1 fully saturated rings. The highest BCUT2D eigenvalue weighted by Gasteiger charge is 2.20. The van der Waals surface area contributed by atoms with Crippen LogP contribution < -0.4 is 0 Å². The number of hydrogen-bond donors (Lipinski definition) is 2. The summed E-state index contributed by atoms with van der Waals surface area (Å²) in [4.78, 5) is 12.0. The molecule has 1 saturated heterocycles. The molecule has 0 aromatic heterocycles. The number of amides is 1. The molecule has 2 N–H and O–H groups in total. The average Bonchev–Trinajstić information content (AvgIpc) is 2.19. The minimum absolute atomic E-state index is 0.0982. The van der Waals surface area contributed by atoms with Gasteiger partial charge in [0.1, 0.15) is 0 Å². The van der Waals surface area contributed by atoms with Crippen LogP contribution in [0.2, 0.25) is 0 Å². The molecule has 1 amide bonds. The van der Waals surface area contributed by atoms with E-state index in [9.17, 15) is 4.79 Å². The molecule has 0 aliphatic carbocycles. The zero-order valence-corrected chi connectivity index (χ0v) is 8.07. The molecule has 0 aromatic carbocycles. The van der Waals surface area contributed by atoms with E-state index in [1.807, 2.05) is 0 Å². The van der Waals surface area contributed by atoms with Crippen molar-refractivity contribution in [1.82, 2.24) is 4.90 Å². The number of rotatable bonds is 1. The minimum Gasteiger partial charge on any atom is -0.465 e. The van der Waals surface area contributed by atoms with Gasteiger partial charge in [0, 0.05) is 25.4 Å². The first-order chi connectivity index (χ1) is 6.74. The lowest BCUT2D eigenvalue weighted by Gasteiger charge is -2.27. The van der Waals surface area contributed by atoms with Gasteiger partial charge in [-0.15, -0.1) is 5.92 Å². The Morgan fingerprint density at radius 1 is 1.43 bits per heavy atom. The molecule has 1 aliphatic rings. The van der Waals surface area contributed by atoms with E-state index < -0.39 is 6.09 Å². The van der Waals surface area contributed by atoms with E-state index in [1.54, 1.807) is 0 Å². The van der Waals surface area contributed by atoms with Crippen LogP contribution >= 0.6 is 0 Å². The summed E-state index contributed by atoms with van der Waals surface area (Å²) >= 11 is 0. The van der Waals surface area contributed by atoms with Crippen LogP contribution in [-0.4, -0.2) is 40.9 Å². The van der Waals surface area contributed by atoms with Gasteiger partial charge >= 0.3 is 6.09 Å². The van der Waals surface area contributed by atoms with Crippen molar-refractivity contribution < 1.29 is 15.0 Å².